The minimum absolute atomic E-state index is 0.168. The molecule has 2 aliphatic rings. The molecule has 2 heterocycles. The van der Waals surface area contributed by atoms with Crippen LogP contribution in [0.5, 0.6) is 0 Å². The van der Waals surface area contributed by atoms with Crippen LogP contribution in [0.2, 0.25) is 0 Å². The predicted octanol–water partition coefficient (Wildman–Crippen LogP) is 4.96. The maximum Gasteiger partial charge on any atom is 0.411 e. The van der Waals surface area contributed by atoms with Crippen LogP contribution in [-0.4, -0.2) is 34.9 Å². The number of amides is 1. The highest BCUT2D eigenvalue weighted by atomic mass is 32.2. The number of thioether (sulfide) groups is 1. The highest BCUT2D eigenvalue weighted by molar-refractivity contribution is 7.98. The molecule has 2 bridgehead atoms. The summed E-state index contributed by atoms with van der Waals surface area (Å²) in [6.07, 6.45) is 7.22. The fraction of sp³-hybridized carbons (Fsp3) is 0.526. The first kappa shape index (κ1) is 16.4. The Kier molecular flexibility index (Phi) is 4.45. The third-order valence-electron chi connectivity index (χ3n) is 4.44. The molecule has 1 amide bonds. The molecule has 0 radical (unpaired) electrons. The largest absolute Gasteiger partial charge is 0.444 e. The molecule has 0 aromatic heterocycles. The number of nitrogens with zero attached hydrogens (tertiary/aromatic N) is 1. The summed E-state index contributed by atoms with van der Waals surface area (Å²) in [5, 5.41) is 0. The number of carbonyl (C=O) groups excluding carboxylic acids is 1. The molecule has 1 fully saturated rings. The molecule has 2 aliphatic heterocycles. The molecule has 0 saturated carbocycles. The number of hydrogen-bond donors (Lipinski definition) is 0. The van der Waals surface area contributed by atoms with Crippen molar-refractivity contribution in [3.8, 4) is 0 Å². The van der Waals surface area contributed by atoms with E-state index in [1.165, 1.54) is 16.0 Å². The van der Waals surface area contributed by atoms with E-state index in [4.69, 9.17) is 4.74 Å². The van der Waals surface area contributed by atoms with Crippen molar-refractivity contribution in [2.75, 3.05) is 6.26 Å². The minimum Gasteiger partial charge on any atom is -0.444 e. The molecule has 3 rings (SSSR count). The van der Waals surface area contributed by atoms with Crippen molar-refractivity contribution >= 4 is 23.4 Å². The maximum absolute atomic E-state index is 12.5. The fourth-order valence-electron chi connectivity index (χ4n) is 3.47. The summed E-state index contributed by atoms with van der Waals surface area (Å²) in [7, 11) is 0. The second-order valence-electron chi connectivity index (χ2n) is 7.31. The Labute approximate surface area is 143 Å². The van der Waals surface area contributed by atoms with Gasteiger partial charge in [0.15, 0.2) is 0 Å². The van der Waals surface area contributed by atoms with E-state index in [-0.39, 0.29) is 18.2 Å². The number of ether oxygens (including phenoxy) is 1. The molecule has 1 aromatic rings. The number of rotatable bonds is 2. The van der Waals surface area contributed by atoms with Crippen molar-refractivity contribution in [1.29, 1.82) is 0 Å². The molecule has 2 atom stereocenters. The third kappa shape index (κ3) is 3.57. The molecule has 1 saturated heterocycles. The van der Waals surface area contributed by atoms with Gasteiger partial charge in [0.1, 0.15) is 5.60 Å². The Bertz CT molecular complexity index is 633. The highest BCUT2D eigenvalue weighted by Crippen LogP contribution is 2.39. The molecule has 124 valence electrons. The number of benzene rings is 1. The molecular weight excluding hydrogens is 306 g/mol. The second-order valence-corrected chi connectivity index (χ2v) is 8.19. The summed E-state index contributed by atoms with van der Waals surface area (Å²) in [6, 6.07) is 9.13. The van der Waals surface area contributed by atoms with Gasteiger partial charge in [0.2, 0.25) is 0 Å². The number of hydrogen-bond acceptors (Lipinski definition) is 3. The van der Waals surface area contributed by atoms with E-state index >= 15 is 0 Å². The Morgan fingerprint density at radius 2 is 2.09 bits per heavy atom. The molecule has 23 heavy (non-hydrogen) atoms. The van der Waals surface area contributed by atoms with Gasteiger partial charge in [-0.05, 0) is 69.6 Å². The fourth-order valence-corrected chi connectivity index (χ4v) is 3.93. The van der Waals surface area contributed by atoms with E-state index in [1.54, 1.807) is 11.8 Å². The zero-order valence-corrected chi connectivity index (χ0v) is 15.2. The first-order valence-electron chi connectivity index (χ1n) is 8.24. The van der Waals surface area contributed by atoms with Crippen LogP contribution >= 0.6 is 11.8 Å². The van der Waals surface area contributed by atoms with E-state index in [0.717, 1.165) is 19.3 Å². The monoisotopic (exact) mass is 331 g/mol. The molecular formula is C19H25NO2S. The molecule has 2 unspecified atom stereocenters. The number of carbonyl (C=O) groups is 1. The Hall–Kier alpha value is -1.42. The average molecular weight is 331 g/mol. The summed E-state index contributed by atoms with van der Waals surface area (Å²) >= 11 is 1.76. The van der Waals surface area contributed by atoms with E-state index < -0.39 is 5.60 Å². The summed E-state index contributed by atoms with van der Waals surface area (Å²) in [6.45, 7) is 5.77. The van der Waals surface area contributed by atoms with Gasteiger partial charge in [0, 0.05) is 10.9 Å². The van der Waals surface area contributed by atoms with E-state index in [9.17, 15) is 4.79 Å². The molecule has 3 nitrogen and oxygen atoms in total. The van der Waals surface area contributed by atoms with Crippen molar-refractivity contribution in [2.24, 2.45) is 0 Å². The Balaban J connectivity index is 1.81. The van der Waals surface area contributed by atoms with Crippen LogP contribution in [-0.2, 0) is 4.74 Å². The van der Waals surface area contributed by atoms with Crippen molar-refractivity contribution in [1.82, 2.24) is 4.90 Å². The molecule has 4 heteroatoms. The van der Waals surface area contributed by atoms with Gasteiger partial charge >= 0.3 is 6.09 Å². The smallest absolute Gasteiger partial charge is 0.411 e. The Morgan fingerprint density at radius 1 is 1.30 bits per heavy atom. The summed E-state index contributed by atoms with van der Waals surface area (Å²) < 4.78 is 5.59. The van der Waals surface area contributed by atoms with Crippen LogP contribution < -0.4 is 0 Å². The van der Waals surface area contributed by atoms with Gasteiger partial charge in [-0.2, -0.15) is 0 Å². The van der Waals surface area contributed by atoms with E-state index in [1.807, 2.05) is 25.7 Å². The Morgan fingerprint density at radius 3 is 2.74 bits per heavy atom. The summed E-state index contributed by atoms with van der Waals surface area (Å²) in [4.78, 5) is 15.7. The van der Waals surface area contributed by atoms with Gasteiger partial charge in [0.25, 0.3) is 0 Å². The van der Waals surface area contributed by atoms with Crippen LogP contribution in [0.25, 0.3) is 5.57 Å². The molecule has 0 N–H and O–H groups in total. The molecule has 0 spiro atoms. The van der Waals surface area contributed by atoms with Crippen molar-refractivity contribution < 1.29 is 9.53 Å². The summed E-state index contributed by atoms with van der Waals surface area (Å²) in [5.74, 6) is 0. The normalized spacial score (nSPS) is 23.7. The maximum atomic E-state index is 12.5. The lowest BCUT2D eigenvalue weighted by Crippen LogP contribution is -2.45. The number of fused-ring (bicyclic) bond motifs is 2. The second kappa shape index (κ2) is 6.23. The van der Waals surface area contributed by atoms with Crippen LogP contribution in [0.15, 0.2) is 35.2 Å². The lowest BCUT2D eigenvalue weighted by molar-refractivity contribution is 0.0175. The van der Waals surface area contributed by atoms with Gasteiger partial charge in [-0.15, -0.1) is 11.8 Å². The van der Waals surface area contributed by atoms with Gasteiger partial charge < -0.3 is 4.74 Å². The average Bonchev–Trinajstić information content (AvgIpc) is 2.76. The van der Waals surface area contributed by atoms with Gasteiger partial charge in [0.05, 0.1) is 6.04 Å². The molecule has 1 aromatic carbocycles. The van der Waals surface area contributed by atoms with Gasteiger partial charge in [-0.25, -0.2) is 4.79 Å². The SMILES string of the molecule is CSc1cccc(C2=CC3CCC(C2)N3C(=O)OC(C)(C)C)c1. The lowest BCUT2D eigenvalue weighted by Gasteiger charge is -2.35. The topological polar surface area (TPSA) is 29.5 Å². The van der Waals surface area contributed by atoms with Crippen LogP contribution in [0.1, 0.15) is 45.6 Å². The quantitative estimate of drug-likeness (QED) is 0.717. The zero-order valence-electron chi connectivity index (χ0n) is 14.3. The first-order valence-corrected chi connectivity index (χ1v) is 9.46. The third-order valence-corrected chi connectivity index (χ3v) is 5.17. The first-order chi connectivity index (χ1) is 10.9. The zero-order chi connectivity index (χ0) is 16.6. The standard InChI is InChI=1S/C19H25NO2S/c1-19(2,3)22-18(21)20-15-8-9-16(20)11-14(10-15)13-6-5-7-17(12-13)23-4/h5-7,10,12,15-16H,8-9,11H2,1-4H3. The van der Waals surface area contributed by atoms with Gasteiger partial charge in [-0.3, -0.25) is 4.90 Å². The molecule has 0 aliphatic carbocycles. The minimum atomic E-state index is -0.437. The summed E-state index contributed by atoms with van der Waals surface area (Å²) in [5.41, 5.74) is 2.22. The lowest BCUT2D eigenvalue weighted by atomic mass is 9.95. The van der Waals surface area contributed by atoms with Crippen LogP contribution in [0.4, 0.5) is 4.79 Å². The highest BCUT2D eigenvalue weighted by Gasteiger charge is 2.41. The van der Waals surface area contributed by atoms with Crippen LogP contribution in [0, 0.1) is 0 Å². The van der Waals surface area contributed by atoms with Crippen molar-refractivity contribution in [3.63, 3.8) is 0 Å². The predicted molar refractivity (Wildman–Crippen MR) is 95.7 cm³/mol. The van der Waals surface area contributed by atoms with Gasteiger partial charge in [-0.1, -0.05) is 18.2 Å². The van der Waals surface area contributed by atoms with E-state index in [2.05, 4.69) is 36.6 Å². The van der Waals surface area contributed by atoms with E-state index in [0.29, 0.717) is 0 Å². The van der Waals surface area contributed by atoms with Crippen molar-refractivity contribution in [3.05, 3.63) is 35.9 Å². The van der Waals surface area contributed by atoms with Crippen LogP contribution in [0.3, 0.4) is 0 Å². The van der Waals surface area contributed by atoms with Crippen molar-refractivity contribution in [2.45, 2.75) is 62.6 Å².